The number of fused-ring (bicyclic) bond motifs is 1. The third kappa shape index (κ3) is 1.71. The van der Waals surface area contributed by atoms with Crippen molar-refractivity contribution in [2.24, 2.45) is 5.73 Å². The SMILES string of the molecule is Cc1cc2c(cc1F)[nH]c(=S)n2CC(N)=O. The van der Waals surface area contributed by atoms with E-state index >= 15 is 0 Å². The van der Waals surface area contributed by atoms with Crippen LogP contribution in [0.2, 0.25) is 0 Å². The van der Waals surface area contributed by atoms with Gasteiger partial charge < -0.3 is 15.3 Å². The Balaban J connectivity index is 2.74. The number of nitrogens with zero attached hydrogens (tertiary/aromatic N) is 1. The van der Waals surface area contributed by atoms with Crippen molar-refractivity contribution in [1.29, 1.82) is 0 Å². The molecule has 16 heavy (non-hydrogen) atoms. The van der Waals surface area contributed by atoms with Crippen LogP contribution in [-0.2, 0) is 11.3 Å². The number of amides is 1. The smallest absolute Gasteiger partial charge is 0.237 e. The van der Waals surface area contributed by atoms with E-state index in [1.165, 1.54) is 6.07 Å². The molecule has 0 aliphatic rings. The Hall–Kier alpha value is -1.69. The Morgan fingerprint density at radius 2 is 2.31 bits per heavy atom. The first-order valence-electron chi connectivity index (χ1n) is 4.66. The average Bonchev–Trinajstić information content (AvgIpc) is 2.45. The number of aryl methyl sites for hydroxylation is 1. The number of aromatic nitrogens is 2. The summed E-state index contributed by atoms with van der Waals surface area (Å²) in [5.74, 6) is -0.797. The van der Waals surface area contributed by atoms with Crippen molar-refractivity contribution in [2.75, 3.05) is 0 Å². The van der Waals surface area contributed by atoms with E-state index in [1.54, 1.807) is 17.6 Å². The highest BCUT2D eigenvalue weighted by Gasteiger charge is 2.09. The van der Waals surface area contributed by atoms with E-state index < -0.39 is 5.91 Å². The quantitative estimate of drug-likeness (QED) is 0.782. The number of benzene rings is 1. The normalized spacial score (nSPS) is 10.9. The van der Waals surface area contributed by atoms with E-state index in [0.717, 1.165) is 0 Å². The van der Waals surface area contributed by atoms with Gasteiger partial charge in [0, 0.05) is 0 Å². The first kappa shape index (κ1) is 10.8. The van der Waals surface area contributed by atoms with Crippen molar-refractivity contribution in [3.63, 3.8) is 0 Å². The van der Waals surface area contributed by atoms with Crippen molar-refractivity contribution in [2.45, 2.75) is 13.5 Å². The lowest BCUT2D eigenvalue weighted by atomic mass is 10.2. The Bertz CT molecular complexity index is 629. The summed E-state index contributed by atoms with van der Waals surface area (Å²) in [7, 11) is 0. The minimum absolute atomic E-state index is 0.0100. The summed E-state index contributed by atoms with van der Waals surface area (Å²) in [6.07, 6.45) is 0. The third-order valence-electron chi connectivity index (χ3n) is 2.37. The number of primary amides is 1. The lowest BCUT2D eigenvalue weighted by molar-refractivity contribution is -0.118. The van der Waals surface area contributed by atoms with E-state index in [-0.39, 0.29) is 12.4 Å². The number of hydrogen-bond donors (Lipinski definition) is 2. The molecule has 1 amide bonds. The monoisotopic (exact) mass is 239 g/mol. The Kier molecular flexibility index (Phi) is 2.51. The number of aromatic amines is 1. The maximum absolute atomic E-state index is 13.3. The molecule has 1 aromatic heterocycles. The van der Waals surface area contributed by atoms with E-state index in [2.05, 4.69) is 4.98 Å². The van der Waals surface area contributed by atoms with Crippen LogP contribution < -0.4 is 5.73 Å². The van der Waals surface area contributed by atoms with Crippen LogP contribution in [0, 0.1) is 17.5 Å². The fourth-order valence-corrected chi connectivity index (χ4v) is 1.87. The number of nitrogens with one attached hydrogen (secondary N) is 1. The first-order chi connectivity index (χ1) is 7.49. The molecule has 0 unspecified atom stereocenters. The molecule has 6 heteroatoms. The van der Waals surface area contributed by atoms with Gasteiger partial charge in [-0.2, -0.15) is 0 Å². The molecular weight excluding hydrogens is 229 g/mol. The van der Waals surface area contributed by atoms with Crippen molar-refractivity contribution >= 4 is 29.2 Å². The molecule has 1 heterocycles. The number of hydrogen-bond acceptors (Lipinski definition) is 2. The Labute approximate surface area is 95.9 Å². The number of halogens is 1. The topological polar surface area (TPSA) is 63.8 Å². The number of carbonyl (C=O) groups is 1. The lowest BCUT2D eigenvalue weighted by Crippen LogP contribution is -2.18. The second kappa shape index (κ2) is 3.71. The minimum atomic E-state index is -0.487. The van der Waals surface area contributed by atoms with E-state index in [4.69, 9.17) is 18.0 Å². The van der Waals surface area contributed by atoms with Crippen LogP contribution in [0.15, 0.2) is 12.1 Å². The molecule has 0 bridgehead atoms. The highest BCUT2D eigenvalue weighted by Crippen LogP contribution is 2.18. The van der Waals surface area contributed by atoms with Crippen molar-refractivity contribution in [1.82, 2.24) is 9.55 Å². The number of nitrogens with two attached hydrogens (primary N) is 1. The zero-order valence-corrected chi connectivity index (χ0v) is 9.40. The molecule has 2 aromatic rings. The lowest BCUT2D eigenvalue weighted by Gasteiger charge is -2.02. The average molecular weight is 239 g/mol. The van der Waals surface area contributed by atoms with Crippen molar-refractivity contribution in [3.05, 3.63) is 28.3 Å². The molecule has 4 nitrogen and oxygen atoms in total. The molecule has 0 saturated heterocycles. The first-order valence-corrected chi connectivity index (χ1v) is 5.07. The number of rotatable bonds is 2. The molecule has 3 N–H and O–H groups in total. The zero-order chi connectivity index (χ0) is 11.9. The van der Waals surface area contributed by atoms with Gasteiger partial charge in [0.15, 0.2) is 4.77 Å². The maximum atomic E-state index is 13.3. The molecule has 84 valence electrons. The summed E-state index contributed by atoms with van der Waals surface area (Å²) in [5.41, 5.74) is 6.86. The molecule has 0 fully saturated rings. The molecule has 0 spiro atoms. The molecule has 1 aromatic carbocycles. The predicted octanol–water partition coefficient (Wildman–Crippen LogP) is 1.63. The molecule has 0 aliphatic heterocycles. The zero-order valence-electron chi connectivity index (χ0n) is 8.58. The van der Waals surface area contributed by atoms with Crippen molar-refractivity contribution in [3.8, 4) is 0 Å². The van der Waals surface area contributed by atoms with E-state index in [0.29, 0.717) is 21.4 Å². The van der Waals surface area contributed by atoms with Gasteiger partial charge in [-0.3, -0.25) is 4.79 Å². The third-order valence-corrected chi connectivity index (χ3v) is 2.69. The summed E-state index contributed by atoms with van der Waals surface area (Å²) in [6, 6.07) is 3.00. The minimum Gasteiger partial charge on any atom is -0.368 e. The molecule has 0 aliphatic carbocycles. The number of H-pyrrole nitrogens is 1. The Morgan fingerprint density at radius 3 is 2.94 bits per heavy atom. The van der Waals surface area contributed by atoms with Gasteiger partial charge >= 0.3 is 0 Å². The largest absolute Gasteiger partial charge is 0.368 e. The predicted molar refractivity (Wildman–Crippen MR) is 61.0 cm³/mol. The van der Waals surface area contributed by atoms with Crippen LogP contribution in [0.1, 0.15) is 5.56 Å². The van der Waals surface area contributed by atoms with Crippen LogP contribution >= 0.6 is 12.2 Å². The van der Waals surface area contributed by atoms with Gasteiger partial charge in [0.1, 0.15) is 12.4 Å². The fraction of sp³-hybridized carbons (Fsp3) is 0.200. The van der Waals surface area contributed by atoms with Crippen LogP contribution in [0.5, 0.6) is 0 Å². The van der Waals surface area contributed by atoms with Gasteiger partial charge in [-0.15, -0.1) is 0 Å². The van der Waals surface area contributed by atoms with Gasteiger partial charge in [0.05, 0.1) is 11.0 Å². The summed E-state index contributed by atoms with van der Waals surface area (Å²) in [6.45, 7) is 1.64. The number of imidazole rings is 1. The Morgan fingerprint density at radius 1 is 1.62 bits per heavy atom. The molecule has 2 rings (SSSR count). The van der Waals surface area contributed by atoms with Gasteiger partial charge in [0.2, 0.25) is 5.91 Å². The molecule has 0 atom stereocenters. The fourth-order valence-electron chi connectivity index (χ4n) is 1.59. The molecular formula is C10H10FN3OS. The standard InChI is InChI=1S/C10H10FN3OS/c1-5-2-8-7(3-6(5)11)13-10(16)14(8)4-9(12)15/h2-3H,4H2,1H3,(H2,12,15)(H,13,16). The van der Waals surface area contributed by atoms with E-state index in [1.807, 2.05) is 0 Å². The van der Waals surface area contributed by atoms with Gasteiger partial charge in [0.25, 0.3) is 0 Å². The van der Waals surface area contributed by atoms with Crippen LogP contribution in [-0.4, -0.2) is 15.5 Å². The van der Waals surface area contributed by atoms with Gasteiger partial charge in [-0.1, -0.05) is 0 Å². The second-order valence-electron chi connectivity index (χ2n) is 3.60. The molecule has 0 saturated carbocycles. The van der Waals surface area contributed by atoms with Gasteiger partial charge in [-0.25, -0.2) is 4.39 Å². The van der Waals surface area contributed by atoms with Gasteiger partial charge in [-0.05, 0) is 36.8 Å². The summed E-state index contributed by atoms with van der Waals surface area (Å²) >= 11 is 5.04. The summed E-state index contributed by atoms with van der Waals surface area (Å²) in [5, 5.41) is 0. The van der Waals surface area contributed by atoms with Crippen LogP contribution in [0.4, 0.5) is 4.39 Å². The van der Waals surface area contributed by atoms with Crippen molar-refractivity contribution < 1.29 is 9.18 Å². The molecule has 0 radical (unpaired) electrons. The highest BCUT2D eigenvalue weighted by molar-refractivity contribution is 7.71. The van der Waals surface area contributed by atoms with E-state index in [9.17, 15) is 9.18 Å². The second-order valence-corrected chi connectivity index (χ2v) is 3.99. The maximum Gasteiger partial charge on any atom is 0.237 e. The van der Waals surface area contributed by atoms with Crippen LogP contribution in [0.25, 0.3) is 11.0 Å². The van der Waals surface area contributed by atoms with Crippen LogP contribution in [0.3, 0.4) is 0 Å². The highest BCUT2D eigenvalue weighted by atomic mass is 32.1. The number of carbonyl (C=O) groups excluding carboxylic acids is 1. The summed E-state index contributed by atoms with van der Waals surface area (Å²) < 4.78 is 15.2. The summed E-state index contributed by atoms with van der Waals surface area (Å²) in [4.78, 5) is 13.7.